The molecule has 0 aromatic carbocycles. The van der Waals surface area contributed by atoms with Crippen LogP contribution in [-0.2, 0) is 14.3 Å². The summed E-state index contributed by atoms with van der Waals surface area (Å²) in [5, 5.41) is 65.6. The summed E-state index contributed by atoms with van der Waals surface area (Å²) in [7, 11) is 0. The Morgan fingerprint density at radius 2 is 0.776 bits per heavy atom. The number of amides is 1. The van der Waals surface area contributed by atoms with Crippen LogP contribution in [0.2, 0.25) is 0 Å². The van der Waals surface area contributed by atoms with E-state index in [1.807, 2.05) is 0 Å². The number of carbonyl (C=O) groups is 1. The normalized spacial score (nSPS) is 20.0. The van der Waals surface area contributed by atoms with Crippen LogP contribution in [0.3, 0.4) is 0 Å². The summed E-state index contributed by atoms with van der Waals surface area (Å²) < 4.78 is 11.2. The minimum Gasteiger partial charge on any atom is -0.394 e. The summed E-state index contributed by atoms with van der Waals surface area (Å²) >= 11 is 0. The molecular weight excluding hydrogens is 843 g/mol. The number of hydrogen-bond donors (Lipinski definition) is 7. The van der Waals surface area contributed by atoms with Crippen molar-refractivity contribution in [1.82, 2.24) is 5.32 Å². The molecule has 400 valence electrons. The summed E-state index contributed by atoms with van der Waals surface area (Å²) in [6.07, 6.45) is 45.5. The lowest BCUT2D eigenvalue weighted by molar-refractivity contribution is -0.303. The Bertz CT molecular complexity index is 1040. The highest BCUT2D eigenvalue weighted by atomic mass is 16.7. The zero-order chi connectivity index (χ0) is 48.8. The van der Waals surface area contributed by atoms with Gasteiger partial charge in [0, 0.05) is 6.42 Å². The van der Waals surface area contributed by atoms with Gasteiger partial charge in [0.15, 0.2) is 6.29 Å². The third-order valence-electron chi connectivity index (χ3n) is 14.6. The Balaban J connectivity index is 2.21. The van der Waals surface area contributed by atoms with E-state index in [0.29, 0.717) is 6.42 Å². The molecule has 2 unspecified atom stereocenters. The van der Waals surface area contributed by atoms with E-state index in [4.69, 9.17) is 9.47 Å². The van der Waals surface area contributed by atoms with E-state index in [9.17, 15) is 35.4 Å². The molecular formula is C57H113NO9. The molecule has 1 heterocycles. The first kappa shape index (κ1) is 64.2. The summed E-state index contributed by atoms with van der Waals surface area (Å²) in [6.45, 7) is 3.66. The molecule has 67 heavy (non-hydrogen) atoms. The Morgan fingerprint density at radius 3 is 1.10 bits per heavy atom. The van der Waals surface area contributed by atoms with E-state index in [2.05, 4.69) is 19.2 Å². The van der Waals surface area contributed by atoms with E-state index < -0.39 is 55.6 Å². The smallest absolute Gasteiger partial charge is 0.220 e. The van der Waals surface area contributed by atoms with Crippen LogP contribution in [0.1, 0.15) is 296 Å². The van der Waals surface area contributed by atoms with Crippen LogP contribution < -0.4 is 5.32 Å². The SMILES string of the molecule is CCCCCCCCCCCCCCCCCCCCCCCCCCCCC(=O)N[C@@H](CO[C@@H]1O[C@H](CO)[C@@H](O)C(O)C1O)[C@H](O)[C@H](O)CCCCCCCCCCCCCCCCCC. The second kappa shape index (κ2) is 47.5. The van der Waals surface area contributed by atoms with Crippen LogP contribution in [0.4, 0.5) is 0 Å². The molecule has 10 heteroatoms. The van der Waals surface area contributed by atoms with Crippen LogP contribution in [0.5, 0.6) is 0 Å². The summed E-state index contributed by atoms with van der Waals surface area (Å²) in [6, 6.07) is -0.986. The molecule has 0 aliphatic carbocycles. The van der Waals surface area contributed by atoms with E-state index >= 15 is 0 Å². The molecule has 8 atom stereocenters. The molecule has 0 radical (unpaired) electrons. The Morgan fingerprint density at radius 1 is 0.463 bits per heavy atom. The highest BCUT2D eigenvalue weighted by molar-refractivity contribution is 5.76. The molecule has 10 nitrogen and oxygen atoms in total. The van der Waals surface area contributed by atoms with Crippen LogP contribution in [0.25, 0.3) is 0 Å². The molecule has 0 bridgehead atoms. The maximum atomic E-state index is 13.1. The minimum absolute atomic E-state index is 0.250. The van der Waals surface area contributed by atoms with Gasteiger partial charge in [0.05, 0.1) is 25.4 Å². The molecule has 0 aromatic heterocycles. The van der Waals surface area contributed by atoms with E-state index in [1.54, 1.807) is 0 Å². The largest absolute Gasteiger partial charge is 0.394 e. The topological polar surface area (TPSA) is 169 Å². The number of aliphatic hydroxyl groups is 6. The van der Waals surface area contributed by atoms with Gasteiger partial charge in [-0.1, -0.05) is 277 Å². The molecule has 0 saturated carbocycles. The maximum absolute atomic E-state index is 13.1. The second-order valence-electron chi connectivity index (χ2n) is 20.9. The lowest BCUT2D eigenvalue weighted by Crippen LogP contribution is -2.60. The van der Waals surface area contributed by atoms with Gasteiger partial charge in [-0.3, -0.25) is 4.79 Å². The number of unbranched alkanes of at least 4 members (excludes halogenated alkanes) is 40. The highest BCUT2D eigenvalue weighted by Gasteiger charge is 2.44. The molecule has 1 aliphatic heterocycles. The predicted molar refractivity (Wildman–Crippen MR) is 278 cm³/mol. The van der Waals surface area contributed by atoms with E-state index in [0.717, 1.165) is 38.5 Å². The van der Waals surface area contributed by atoms with Crippen LogP contribution in [0.15, 0.2) is 0 Å². The molecule has 7 N–H and O–H groups in total. The van der Waals surface area contributed by atoms with Crippen molar-refractivity contribution in [2.75, 3.05) is 13.2 Å². The lowest BCUT2D eigenvalue weighted by Gasteiger charge is -2.40. The predicted octanol–water partition coefficient (Wildman–Crippen LogP) is 13.2. The van der Waals surface area contributed by atoms with Gasteiger partial charge < -0.3 is 45.4 Å². The zero-order valence-corrected chi connectivity index (χ0v) is 44.1. The van der Waals surface area contributed by atoms with Gasteiger partial charge in [0.25, 0.3) is 0 Å². The van der Waals surface area contributed by atoms with Gasteiger partial charge in [-0.05, 0) is 12.8 Å². The van der Waals surface area contributed by atoms with Crippen molar-refractivity contribution in [2.24, 2.45) is 0 Å². The average Bonchev–Trinajstić information content (AvgIpc) is 3.33. The monoisotopic (exact) mass is 956 g/mol. The van der Waals surface area contributed by atoms with Crippen LogP contribution in [-0.4, -0.2) is 98.7 Å². The van der Waals surface area contributed by atoms with Crippen molar-refractivity contribution in [2.45, 2.75) is 345 Å². The number of aliphatic hydroxyl groups excluding tert-OH is 6. The standard InChI is InChI=1S/C57H113NO9/c1-3-5-7-9-11-13-15-17-19-21-22-23-24-25-26-27-28-29-30-32-34-36-38-40-42-44-46-52(61)58-49(48-66-57-56(65)55(64)54(63)51(47-59)67-57)53(62)50(60)45-43-41-39-37-35-33-31-20-18-16-14-12-10-8-6-4-2/h49-51,53-57,59-60,62-65H,3-48H2,1-2H3,(H,58,61)/t49-,50+,51+,53-,54+,55?,56?,57+/m0/s1. The Kier molecular flexibility index (Phi) is 45.5. The molecule has 1 fully saturated rings. The second-order valence-corrected chi connectivity index (χ2v) is 20.9. The lowest BCUT2D eigenvalue weighted by atomic mass is 9.98. The van der Waals surface area contributed by atoms with E-state index in [1.165, 1.54) is 231 Å². The molecule has 1 rings (SSSR count). The van der Waals surface area contributed by atoms with Gasteiger partial charge in [-0.25, -0.2) is 0 Å². The fraction of sp³-hybridized carbons (Fsp3) is 0.982. The number of hydrogen-bond acceptors (Lipinski definition) is 9. The van der Waals surface area contributed by atoms with Crippen molar-refractivity contribution in [3.63, 3.8) is 0 Å². The van der Waals surface area contributed by atoms with Gasteiger partial charge in [0.1, 0.15) is 30.5 Å². The molecule has 1 amide bonds. The molecule has 0 aromatic rings. The molecule has 1 aliphatic rings. The van der Waals surface area contributed by atoms with Gasteiger partial charge in [0.2, 0.25) is 5.91 Å². The van der Waals surface area contributed by atoms with Gasteiger partial charge >= 0.3 is 0 Å². The van der Waals surface area contributed by atoms with Gasteiger partial charge in [-0.2, -0.15) is 0 Å². The first-order chi connectivity index (χ1) is 32.8. The summed E-state index contributed by atoms with van der Waals surface area (Å²) in [5.41, 5.74) is 0. The van der Waals surface area contributed by atoms with Crippen molar-refractivity contribution < 1.29 is 44.9 Å². The number of ether oxygens (including phenoxy) is 2. The fourth-order valence-corrected chi connectivity index (χ4v) is 9.85. The number of nitrogens with one attached hydrogen (secondary N) is 1. The van der Waals surface area contributed by atoms with Crippen molar-refractivity contribution in [1.29, 1.82) is 0 Å². The van der Waals surface area contributed by atoms with Crippen LogP contribution in [0, 0.1) is 0 Å². The zero-order valence-electron chi connectivity index (χ0n) is 44.1. The molecule has 0 spiro atoms. The molecule has 1 saturated heterocycles. The van der Waals surface area contributed by atoms with Crippen molar-refractivity contribution in [3.05, 3.63) is 0 Å². The van der Waals surface area contributed by atoms with Crippen LogP contribution >= 0.6 is 0 Å². The number of carbonyl (C=O) groups excluding carboxylic acids is 1. The highest BCUT2D eigenvalue weighted by Crippen LogP contribution is 2.24. The Labute approximate surface area is 413 Å². The third kappa shape index (κ3) is 36.7. The van der Waals surface area contributed by atoms with Crippen molar-refractivity contribution >= 4 is 5.91 Å². The van der Waals surface area contributed by atoms with Gasteiger partial charge in [-0.15, -0.1) is 0 Å². The third-order valence-corrected chi connectivity index (χ3v) is 14.6. The average molecular weight is 957 g/mol. The summed E-state index contributed by atoms with van der Waals surface area (Å²) in [5.74, 6) is -0.250. The van der Waals surface area contributed by atoms with E-state index in [-0.39, 0.29) is 18.9 Å². The first-order valence-corrected chi connectivity index (χ1v) is 29.3. The Hall–Kier alpha value is -0.850. The summed E-state index contributed by atoms with van der Waals surface area (Å²) in [4.78, 5) is 13.1. The first-order valence-electron chi connectivity index (χ1n) is 29.3. The quantitative estimate of drug-likeness (QED) is 0.0293. The minimum atomic E-state index is -1.60. The fourth-order valence-electron chi connectivity index (χ4n) is 9.85. The number of rotatable bonds is 51. The maximum Gasteiger partial charge on any atom is 0.220 e. The van der Waals surface area contributed by atoms with Crippen molar-refractivity contribution in [3.8, 4) is 0 Å².